The quantitative estimate of drug-likeness (QED) is 0.386. The molecule has 10 heteroatoms. The molecule has 2 aromatic carbocycles. The van der Waals surface area contributed by atoms with Gasteiger partial charge in [0, 0.05) is 25.2 Å². The Morgan fingerprint density at radius 1 is 1.20 bits per heavy atom. The van der Waals surface area contributed by atoms with Crippen molar-refractivity contribution in [2.24, 2.45) is 0 Å². The minimum Gasteiger partial charge on any atom is -0.457 e. The van der Waals surface area contributed by atoms with Crippen LogP contribution in [0.2, 0.25) is 0 Å². The van der Waals surface area contributed by atoms with Gasteiger partial charge in [-0.3, -0.25) is 4.79 Å². The number of ether oxygens (including phenoxy) is 1. The number of carbonyl (C=O) groups is 1. The lowest BCUT2D eigenvalue weighted by atomic mass is 10.1. The third kappa shape index (κ3) is 4.42. The van der Waals surface area contributed by atoms with Crippen LogP contribution in [0.5, 0.6) is 11.5 Å². The van der Waals surface area contributed by atoms with Gasteiger partial charge in [0.1, 0.15) is 41.0 Å². The molecule has 1 aliphatic carbocycles. The summed E-state index contributed by atoms with van der Waals surface area (Å²) in [6, 6.07) is 9.83. The Hall–Kier alpha value is -4.34. The molecule has 2 atom stereocenters. The summed E-state index contributed by atoms with van der Waals surface area (Å²) in [5, 5.41) is 8.05. The van der Waals surface area contributed by atoms with Crippen LogP contribution in [0.3, 0.4) is 0 Å². The van der Waals surface area contributed by atoms with Crippen LogP contribution in [0, 0.1) is 11.6 Å². The van der Waals surface area contributed by atoms with Gasteiger partial charge >= 0.3 is 0 Å². The molecule has 2 aromatic heterocycles. The predicted octanol–water partition coefficient (Wildman–Crippen LogP) is 4.79. The maximum atomic E-state index is 15.3. The van der Waals surface area contributed by atoms with E-state index in [2.05, 4.69) is 21.9 Å². The van der Waals surface area contributed by atoms with Gasteiger partial charge in [0.25, 0.3) is 0 Å². The lowest BCUT2D eigenvalue weighted by Crippen LogP contribution is -2.31. The molecule has 0 bridgehead atoms. The van der Waals surface area contributed by atoms with Crippen LogP contribution in [-0.2, 0) is 4.79 Å². The minimum atomic E-state index is -0.587. The molecule has 5 rings (SSSR count). The Bertz CT molecular complexity index is 1440. The van der Waals surface area contributed by atoms with Gasteiger partial charge in [0.15, 0.2) is 5.65 Å². The van der Waals surface area contributed by atoms with Crippen LogP contribution in [-0.4, -0.2) is 31.7 Å². The molecule has 0 saturated heterocycles. The minimum absolute atomic E-state index is 0. The summed E-state index contributed by atoms with van der Waals surface area (Å²) in [6.07, 6.45) is 4.75. The molecule has 35 heavy (non-hydrogen) atoms. The van der Waals surface area contributed by atoms with Crippen molar-refractivity contribution in [2.45, 2.75) is 31.3 Å². The third-order valence-electron chi connectivity index (χ3n) is 6.03. The molecule has 4 aromatic rings. The largest absolute Gasteiger partial charge is 0.457 e. The van der Waals surface area contributed by atoms with Crippen molar-refractivity contribution < 1.29 is 19.7 Å². The van der Waals surface area contributed by atoms with Crippen LogP contribution in [0.15, 0.2) is 61.4 Å². The van der Waals surface area contributed by atoms with E-state index in [1.807, 2.05) is 0 Å². The second kappa shape index (κ2) is 9.13. The molecule has 8 nitrogen and oxygen atoms in total. The number of nitrogen functional groups attached to an aromatic ring is 1. The standard InChI is InChI=1S/C25H22F2N6O2.H2/c1-2-21(34)31-15-6-7-16(11-15)33-25-22(24(28)29-13-30-25)23(32-33)19-9-8-18(12-20(19)27)35-17-5-3-4-14(26)10-17;/h2-5,8-10,12-13,15-16H,1,6-7,11H2,(H,31,34)(H2,28,29,30);1H/t15-,16?;/m1./s1. The van der Waals surface area contributed by atoms with Gasteiger partial charge in [0.2, 0.25) is 5.91 Å². The number of nitrogens with two attached hydrogens (primary N) is 1. The molecule has 1 unspecified atom stereocenters. The Morgan fingerprint density at radius 3 is 2.80 bits per heavy atom. The molecule has 0 aliphatic heterocycles. The van der Waals surface area contributed by atoms with Crippen molar-refractivity contribution in [3.8, 4) is 22.8 Å². The van der Waals surface area contributed by atoms with Crippen molar-refractivity contribution in [1.29, 1.82) is 0 Å². The van der Waals surface area contributed by atoms with E-state index in [0.717, 1.165) is 12.8 Å². The van der Waals surface area contributed by atoms with Crippen molar-refractivity contribution in [1.82, 2.24) is 25.1 Å². The maximum Gasteiger partial charge on any atom is 0.243 e. The van der Waals surface area contributed by atoms with Crippen molar-refractivity contribution in [3.05, 3.63) is 73.1 Å². The number of aromatic nitrogens is 4. The topological polar surface area (TPSA) is 108 Å². The maximum absolute atomic E-state index is 15.3. The smallest absolute Gasteiger partial charge is 0.243 e. The second-order valence-corrected chi connectivity index (χ2v) is 8.33. The molecule has 1 aliphatic rings. The van der Waals surface area contributed by atoms with E-state index in [1.165, 1.54) is 42.7 Å². The monoisotopic (exact) mass is 478 g/mol. The van der Waals surface area contributed by atoms with Crippen molar-refractivity contribution in [2.75, 3.05) is 5.73 Å². The summed E-state index contributed by atoms with van der Waals surface area (Å²) in [5.41, 5.74) is 7.17. The zero-order valence-corrected chi connectivity index (χ0v) is 18.6. The number of rotatable bonds is 6. The van der Waals surface area contributed by atoms with E-state index in [0.29, 0.717) is 23.1 Å². The van der Waals surface area contributed by atoms with Crippen LogP contribution < -0.4 is 15.8 Å². The molecular formula is C25H24F2N6O2. The van der Waals surface area contributed by atoms with Crippen molar-refractivity contribution >= 4 is 22.8 Å². The number of hydrogen-bond acceptors (Lipinski definition) is 6. The Morgan fingerprint density at radius 2 is 2.03 bits per heavy atom. The molecule has 2 heterocycles. The first kappa shape index (κ1) is 22.5. The van der Waals surface area contributed by atoms with Gasteiger partial charge in [-0.2, -0.15) is 5.10 Å². The lowest BCUT2D eigenvalue weighted by Gasteiger charge is -2.13. The number of benzene rings is 2. The van der Waals surface area contributed by atoms with Crippen LogP contribution in [0.1, 0.15) is 26.7 Å². The van der Waals surface area contributed by atoms with Crippen LogP contribution in [0.25, 0.3) is 22.3 Å². The highest BCUT2D eigenvalue weighted by atomic mass is 19.1. The average molecular weight is 479 g/mol. The third-order valence-corrected chi connectivity index (χ3v) is 6.03. The first-order valence-corrected chi connectivity index (χ1v) is 11.1. The Balaban J connectivity index is 0.00000304. The fourth-order valence-corrected chi connectivity index (χ4v) is 4.43. The summed E-state index contributed by atoms with van der Waals surface area (Å²) in [6.45, 7) is 3.49. The number of hydrogen-bond donors (Lipinski definition) is 2. The number of amides is 1. The Kier molecular flexibility index (Phi) is 5.86. The number of halogens is 2. The van der Waals surface area contributed by atoms with E-state index in [4.69, 9.17) is 15.6 Å². The van der Waals surface area contributed by atoms with Gasteiger partial charge in [-0.15, -0.1) is 0 Å². The SMILES string of the molecule is C=CC(=O)N[C@@H]1CCC(n2nc(-c3ccc(Oc4cccc(F)c4)cc3F)c3c(N)ncnc32)C1.[HH]. The lowest BCUT2D eigenvalue weighted by molar-refractivity contribution is -0.117. The van der Waals surface area contributed by atoms with Crippen molar-refractivity contribution in [3.63, 3.8) is 0 Å². The first-order valence-electron chi connectivity index (χ1n) is 11.1. The van der Waals surface area contributed by atoms with Gasteiger partial charge in [-0.1, -0.05) is 12.6 Å². The predicted molar refractivity (Wildman–Crippen MR) is 129 cm³/mol. The first-order chi connectivity index (χ1) is 16.9. The molecule has 3 N–H and O–H groups in total. The number of fused-ring (bicyclic) bond motifs is 1. The summed E-state index contributed by atoms with van der Waals surface area (Å²) >= 11 is 0. The summed E-state index contributed by atoms with van der Waals surface area (Å²) in [4.78, 5) is 20.1. The normalized spacial score (nSPS) is 17.4. The fraction of sp³-hybridized carbons (Fsp3) is 0.200. The number of carbonyl (C=O) groups excluding carboxylic acids is 1. The van der Waals surface area contributed by atoms with Gasteiger partial charge in [-0.25, -0.2) is 23.4 Å². The van der Waals surface area contributed by atoms with Gasteiger partial charge in [0.05, 0.1) is 11.4 Å². The van der Waals surface area contributed by atoms with E-state index in [1.54, 1.807) is 16.8 Å². The van der Waals surface area contributed by atoms with Gasteiger partial charge < -0.3 is 15.8 Å². The van der Waals surface area contributed by atoms with Gasteiger partial charge in [-0.05, 0) is 49.6 Å². The fourth-order valence-electron chi connectivity index (χ4n) is 4.43. The molecular weight excluding hydrogens is 454 g/mol. The second-order valence-electron chi connectivity index (χ2n) is 8.33. The van der Waals surface area contributed by atoms with E-state index < -0.39 is 11.6 Å². The molecule has 1 saturated carbocycles. The molecule has 0 spiro atoms. The highest BCUT2D eigenvalue weighted by molar-refractivity contribution is 5.98. The molecule has 0 radical (unpaired) electrons. The van der Waals surface area contributed by atoms with E-state index >= 15 is 4.39 Å². The molecule has 1 amide bonds. The van der Waals surface area contributed by atoms with E-state index in [9.17, 15) is 9.18 Å². The zero-order valence-electron chi connectivity index (χ0n) is 18.6. The van der Waals surface area contributed by atoms with E-state index in [-0.39, 0.29) is 42.3 Å². The van der Waals surface area contributed by atoms with Crippen LogP contribution in [0.4, 0.5) is 14.6 Å². The molecule has 1 fully saturated rings. The number of nitrogens with one attached hydrogen (secondary N) is 1. The summed E-state index contributed by atoms with van der Waals surface area (Å²) in [5.74, 6) is -0.618. The Labute approximate surface area is 200 Å². The number of nitrogens with zero attached hydrogens (tertiary/aromatic N) is 4. The average Bonchev–Trinajstić information content (AvgIpc) is 3.44. The highest BCUT2D eigenvalue weighted by Crippen LogP contribution is 2.38. The highest BCUT2D eigenvalue weighted by Gasteiger charge is 2.30. The zero-order chi connectivity index (χ0) is 24.5. The summed E-state index contributed by atoms with van der Waals surface area (Å²) < 4.78 is 36.0. The van der Waals surface area contributed by atoms with Crippen LogP contribution >= 0.6 is 0 Å². The molecule has 180 valence electrons. The number of anilines is 1. The summed E-state index contributed by atoms with van der Waals surface area (Å²) in [7, 11) is 0.